The lowest BCUT2D eigenvalue weighted by Crippen LogP contribution is -2.25. The highest BCUT2D eigenvalue weighted by Gasteiger charge is 2.33. The van der Waals surface area contributed by atoms with Crippen molar-refractivity contribution in [1.82, 2.24) is 20.8 Å². The number of rotatable bonds is 5. The number of hydrogen-bond donors (Lipinski definition) is 3. The second-order valence-electron chi connectivity index (χ2n) is 6.35. The molecule has 1 aliphatic heterocycles. The van der Waals surface area contributed by atoms with Gasteiger partial charge >= 0.3 is 0 Å². The fourth-order valence-electron chi connectivity index (χ4n) is 3.53. The SMILES string of the molecule is COc1cc(C2NNCC2c2nc3ccc(F)cc3[nH]2)cc(OC)c1OC. The maximum Gasteiger partial charge on any atom is 0.203 e. The molecule has 7 nitrogen and oxygen atoms in total. The summed E-state index contributed by atoms with van der Waals surface area (Å²) in [4.78, 5) is 7.88. The molecule has 3 N–H and O–H groups in total. The summed E-state index contributed by atoms with van der Waals surface area (Å²) < 4.78 is 29.8. The van der Waals surface area contributed by atoms with Crippen LogP contribution in [0.15, 0.2) is 30.3 Å². The van der Waals surface area contributed by atoms with E-state index < -0.39 is 0 Å². The predicted molar refractivity (Wildman–Crippen MR) is 98.8 cm³/mol. The number of nitrogens with zero attached hydrogens (tertiary/aromatic N) is 1. The summed E-state index contributed by atoms with van der Waals surface area (Å²) in [6.45, 7) is 0.670. The minimum absolute atomic E-state index is 0.0169. The smallest absolute Gasteiger partial charge is 0.203 e. The van der Waals surface area contributed by atoms with Crippen molar-refractivity contribution in [2.45, 2.75) is 12.0 Å². The molecule has 0 spiro atoms. The third kappa shape index (κ3) is 3.07. The summed E-state index contributed by atoms with van der Waals surface area (Å²) in [6, 6.07) is 8.30. The van der Waals surface area contributed by atoms with E-state index >= 15 is 0 Å². The lowest BCUT2D eigenvalue weighted by atomic mass is 9.93. The van der Waals surface area contributed by atoms with Gasteiger partial charge < -0.3 is 19.2 Å². The zero-order chi connectivity index (χ0) is 19.0. The molecule has 2 aromatic carbocycles. The van der Waals surface area contributed by atoms with Crippen LogP contribution in [0.3, 0.4) is 0 Å². The molecule has 0 aliphatic carbocycles. The number of H-pyrrole nitrogens is 1. The van der Waals surface area contributed by atoms with E-state index in [1.165, 1.54) is 12.1 Å². The van der Waals surface area contributed by atoms with Crippen LogP contribution in [-0.2, 0) is 0 Å². The lowest BCUT2D eigenvalue weighted by Gasteiger charge is -2.20. The Balaban J connectivity index is 1.74. The second-order valence-corrected chi connectivity index (χ2v) is 6.35. The Morgan fingerprint density at radius 2 is 1.78 bits per heavy atom. The molecule has 1 fully saturated rings. The average molecular weight is 372 g/mol. The van der Waals surface area contributed by atoms with Crippen LogP contribution in [0.25, 0.3) is 11.0 Å². The molecule has 4 rings (SSSR count). The first-order chi connectivity index (χ1) is 13.1. The van der Waals surface area contributed by atoms with Crippen molar-refractivity contribution < 1.29 is 18.6 Å². The minimum atomic E-state index is -0.290. The predicted octanol–water partition coefficient (Wildman–Crippen LogP) is 2.66. The summed E-state index contributed by atoms with van der Waals surface area (Å²) in [5.74, 6) is 2.24. The molecular formula is C19H21FN4O3. The molecule has 8 heteroatoms. The van der Waals surface area contributed by atoms with Crippen LogP contribution in [0.4, 0.5) is 4.39 Å². The van der Waals surface area contributed by atoms with Gasteiger partial charge in [-0.15, -0.1) is 0 Å². The summed E-state index contributed by atoms with van der Waals surface area (Å²) in [5.41, 5.74) is 8.85. The van der Waals surface area contributed by atoms with Gasteiger partial charge in [-0.2, -0.15) is 0 Å². The van der Waals surface area contributed by atoms with Gasteiger partial charge in [0.2, 0.25) is 5.75 Å². The van der Waals surface area contributed by atoms with E-state index in [9.17, 15) is 4.39 Å². The molecule has 2 atom stereocenters. The number of aromatic amines is 1. The molecule has 0 amide bonds. The first kappa shape index (κ1) is 17.6. The normalized spacial score (nSPS) is 19.4. The highest BCUT2D eigenvalue weighted by atomic mass is 19.1. The maximum absolute atomic E-state index is 13.5. The van der Waals surface area contributed by atoms with Crippen molar-refractivity contribution in [3.8, 4) is 17.2 Å². The number of benzene rings is 2. The van der Waals surface area contributed by atoms with E-state index in [1.807, 2.05) is 12.1 Å². The van der Waals surface area contributed by atoms with Crippen molar-refractivity contribution in [3.63, 3.8) is 0 Å². The molecule has 0 saturated carbocycles. The van der Waals surface area contributed by atoms with E-state index in [1.54, 1.807) is 27.4 Å². The molecule has 3 aromatic rings. The number of ether oxygens (including phenoxy) is 3. The maximum atomic E-state index is 13.5. The van der Waals surface area contributed by atoms with Crippen LogP contribution in [-0.4, -0.2) is 37.8 Å². The van der Waals surface area contributed by atoms with E-state index in [4.69, 9.17) is 14.2 Å². The number of hydrazine groups is 1. The third-order valence-corrected chi connectivity index (χ3v) is 4.84. The molecule has 1 aliphatic rings. The number of imidazole rings is 1. The van der Waals surface area contributed by atoms with Crippen LogP contribution in [0.5, 0.6) is 17.2 Å². The molecule has 2 unspecified atom stereocenters. The van der Waals surface area contributed by atoms with Gasteiger partial charge in [-0.1, -0.05) is 0 Å². The number of halogens is 1. The van der Waals surface area contributed by atoms with Gasteiger partial charge in [0.25, 0.3) is 0 Å². The first-order valence-corrected chi connectivity index (χ1v) is 8.58. The summed E-state index contributed by atoms with van der Waals surface area (Å²) in [6.07, 6.45) is 0. The fraction of sp³-hybridized carbons (Fsp3) is 0.316. The minimum Gasteiger partial charge on any atom is -0.493 e. The molecule has 0 bridgehead atoms. The van der Waals surface area contributed by atoms with Crippen molar-refractivity contribution in [3.05, 3.63) is 47.5 Å². The van der Waals surface area contributed by atoms with Gasteiger partial charge in [0.1, 0.15) is 11.6 Å². The molecule has 1 saturated heterocycles. The molecular weight excluding hydrogens is 351 g/mol. The summed E-state index contributed by atoms with van der Waals surface area (Å²) in [5, 5.41) is 0. The summed E-state index contributed by atoms with van der Waals surface area (Å²) >= 11 is 0. The summed E-state index contributed by atoms with van der Waals surface area (Å²) in [7, 11) is 4.76. The molecule has 0 radical (unpaired) electrons. The number of methoxy groups -OCH3 is 3. The Morgan fingerprint density at radius 3 is 2.44 bits per heavy atom. The topological polar surface area (TPSA) is 80.4 Å². The zero-order valence-electron chi connectivity index (χ0n) is 15.3. The second kappa shape index (κ2) is 7.05. The molecule has 142 valence electrons. The Bertz CT molecular complexity index is 950. The Hall–Kier alpha value is -2.84. The van der Waals surface area contributed by atoms with E-state index in [-0.39, 0.29) is 17.8 Å². The molecule has 27 heavy (non-hydrogen) atoms. The van der Waals surface area contributed by atoms with Crippen molar-refractivity contribution in [1.29, 1.82) is 0 Å². The van der Waals surface area contributed by atoms with E-state index in [2.05, 4.69) is 20.8 Å². The fourth-order valence-corrected chi connectivity index (χ4v) is 3.53. The monoisotopic (exact) mass is 372 g/mol. The van der Waals surface area contributed by atoms with Crippen LogP contribution in [0.2, 0.25) is 0 Å². The largest absolute Gasteiger partial charge is 0.493 e. The number of fused-ring (bicyclic) bond motifs is 1. The van der Waals surface area contributed by atoms with Gasteiger partial charge in [-0.05, 0) is 35.9 Å². The van der Waals surface area contributed by atoms with E-state index in [0.29, 0.717) is 29.3 Å². The van der Waals surface area contributed by atoms with E-state index in [0.717, 1.165) is 16.9 Å². The highest BCUT2D eigenvalue weighted by molar-refractivity contribution is 5.75. The third-order valence-electron chi connectivity index (χ3n) is 4.84. The van der Waals surface area contributed by atoms with Gasteiger partial charge in [0, 0.05) is 6.54 Å². The van der Waals surface area contributed by atoms with Crippen molar-refractivity contribution in [2.75, 3.05) is 27.9 Å². The Kier molecular flexibility index (Phi) is 4.59. The molecule has 1 aromatic heterocycles. The zero-order valence-corrected chi connectivity index (χ0v) is 15.3. The van der Waals surface area contributed by atoms with Crippen LogP contribution >= 0.6 is 0 Å². The first-order valence-electron chi connectivity index (χ1n) is 8.58. The Morgan fingerprint density at radius 1 is 1.04 bits per heavy atom. The lowest BCUT2D eigenvalue weighted by molar-refractivity contribution is 0.323. The molecule has 2 heterocycles. The van der Waals surface area contributed by atoms with Gasteiger partial charge in [-0.25, -0.2) is 14.8 Å². The number of nitrogens with one attached hydrogen (secondary N) is 3. The van der Waals surface area contributed by atoms with Gasteiger partial charge in [0.05, 0.1) is 44.3 Å². The van der Waals surface area contributed by atoms with Crippen LogP contribution in [0.1, 0.15) is 23.3 Å². The quantitative estimate of drug-likeness (QED) is 0.639. The van der Waals surface area contributed by atoms with Crippen LogP contribution in [0, 0.1) is 5.82 Å². The number of aromatic nitrogens is 2. The van der Waals surface area contributed by atoms with Crippen molar-refractivity contribution >= 4 is 11.0 Å². The highest BCUT2D eigenvalue weighted by Crippen LogP contribution is 2.42. The van der Waals surface area contributed by atoms with Gasteiger partial charge in [0.15, 0.2) is 11.5 Å². The van der Waals surface area contributed by atoms with Crippen LogP contribution < -0.4 is 25.1 Å². The van der Waals surface area contributed by atoms with Crippen molar-refractivity contribution in [2.24, 2.45) is 0 Å². The van der Waals surface area contributed by atoms with Gasteiger partial charge in [-0.3, -0.25) is 5.43 Å². The Labute approximate surface area is 155 Å². The number of hydrogen-bond acceptors (Lipinski definition) is 6. The standard InChI is InChI=1S/C19H21FN4O3/c1-25-15-6-10(7-16(26-2)18(15)27-3)17-12(9-21-24-17)19-22-13-5-4-11(20)8-14(13)23-19/h4-8,12,17,21,24H,9H2,1-3H3,(H,22,23). The average Bonchev–Trinajstić information content (AvgIpc) is 3.32.